The Balaban J connectivity index is 1.60. The number of rotatable bonds is 4. The highest BCUT2D eigenvalue weighted by Gasteiger charge is 2.24. The van der Waals surface area contributed by atoms with Gasteiger partial charge >= 0.3 is 6.01 Å². The third-order valence-corrected chi connectivity index (χ3v) is 3.90. The topological polar surface area (TPSA) is 68.0 Å². The van der Waals surface area contributed by atoms with Crippen LogP contribution in [0.25, 0.3) is 0 Å². The molecule has 0 bridgehead atoms. The molecule has 1 aromatic carbocycles. The Morgan fingerprint density at radius 3 is 2.67 bits per heavy atom. The quantitative estimate of drug-likeness (QED) is 0.937. The molecule has 0 spiro atoms. The van der Waals surface area contributed by atoms with Gasteiger partial charge in [-0.1, -0.05) is 47.8 Å². The number of amides is 1. The van der Waals surface area contributed by atoms with Crippen LogP contribution in [0.3, 0.4) is 0 Å². The maximum absolute atomic E-state index is 12.0. The van der Waals surface area contributed by atoms with Gasteiger partial charge in [0.05, 0.1) is 6.42 Å². The molecule has 5 nitrogen and oxygen atoms in total. The fourth-order valence-corrected chi connectivity index (χ4v) is 2.65. The van der Waals surface area contributed by atoms with Crippen LogP contribution in [0.4, 0.5) is 6.01 Å². The first-order valence-corrected chi connectivity index (χ1v) is 7.39. The van der Waals surface area contributed by atoms with Crippen molar-refractivity contribution in [2.24, 2.45) is 5.92 Å². The summed E-state index contributed by atoms with van der Waals surface area (Å²) in [4.78, 5) is 12.0. The summed E-state index contributed by atoms with van der Waals surface area (Å²) in [5.74, 6) is 0.607. The third kappa shape index (κ3) is 3.48. The van der Waals surface area contributed by atoms with E-state index in [2.05, 4.69) is 27.6 Å². The predicted octanol–water partition coefficient (Wildman–Crippen LogP) is 3.10. The largest absolute Gasteiger partial charge is 0.407 e. The second-order valence-corrected chi connectivity index (χ2v) is 5.63. The summed E-state index contributed by atoms with van der Waals surface area (Å²) >= 11 is 0. The number of aryl methyl sites for hydroxylation is 1. The van der Waals surface area contributed by atoms with E-state index in [1.165, 1.54) is 5.56 Å². The Morgan fingerprint density at radius 2 is 1.95 bits per heavy atom. The standard InChI is InChI=1S/C16H19N3O2/c1-11-6-8-12(9-7-11)10-14-18-19-16(21-14)17-15(20)13-4-2-3-5-13/h6-9,13H,2-5,10H2,1H3,(H,17,19,20). The first-order chi connectivity index (χ1) is 10.2. The zero-order valence-corrected chi connectivity index (χ0v) is 12.1. The van der Waals surface area contributed by atoms with E-state index in [-0.39, 0.29) is 17.8 Å². The monoisotopic (exact) mass is 285 g/mol. The highest BCUT2D eigenvalue weighted by Crippen LogP contribution is 2.25. The van der Waals surface area contributed by atoms with Gasteiger partial charge in [0, 0.05) is 5.92 Å². The van der Waals surface area contributed by atoms with E-state index in [1.807, 2.05) is 19.1 Å². The minimum absolute atomic E-state index is 0.00182. The molecule has 1 aliphatic carbocycles. The molecule has 1 saturated carbocycles. The van der Waals surface area contributed by atoms with E-state index >= 15 is 0 Å². The highest BCUT2D eigenvalue weighted by atomic mass is 16.4. The fraction of sp³-hybridized carbons (Fsp3) is 0.438. The van der Waals surface area contributed by atoms with Crippen molar-refractivity contribution in [3.05, 3.63) is 41.3 Å². The van der Waals surface area contributed by atoms with Crippen molar-refractivity contribution in [2.45, 2.75) is 39.0 Å². The number of aromatic nitrogens is 2. The molecule has 0 radical (unpaired) electrons. The molecule has 1 aromatic heterocycles. The van der Waals surface area contributed by atoms with Crippen molar-refractivity contribution in [3.8, 4) is 0 Å². The van der Waals surface area contributed by atoms with E-state index in [0.717, 1.165) is 31.2 Å². The van der Waals surface area contributed by atoms with Crippen LogP contribution in [0.1, 0.15) is 42.7 Å². The Hall–Kier alpha value is -2.17. The summed E-state index contributed by atoms with van der Waals surface area (Å²) in [6.07, 6.45) is 4.74. The second-order valence-electron chi connectivity index (χ2n) is 5.63. The normalized spacial score (nSPS) is 15.3. The lowest BCUT2D eigenvalue weighted by Crippen LogP contribution is -2.20. The van der Waals surface area contributed by atoms with Gasteiger partial charge < -0.3 is 4.42 Å². The number of hydrogen-bond acceptors (Lipinski definition) is 4. The van der Waals surface area contributed by atoms with Gasteiger partial charge in [0.25, 0.3) is 0 Å². The minimum Gasteiger partial charge on any atom is -0.407 e. The lowest BCUT2D eigenvalue weighted by Gasteiger charge is -2.06. The minimum atomic E-state index is -0.00182. The summed E-state index contributed by atoms with van der Waals surface area (Å²) in [5, 5.41) is 10.6. The molecule has 1 amide bonds. The lowest BCUT2D eigenvalue weighted by atomic mass is 10.1. The molecule has 3 rings (SSSR count). The van der Waals surface area contributed by atoms with E-state index in [1.54, 1.807) is 0 Å². The first-order valence-electron chi connectivity index (χ1n) is 7.39. The molecule has 2 aromatic rings. The van der Waals surface area contributed by atoms with Crippen molar-refractivity contribution >= 4 is 11.9 Å². The number of nitrogens with zero attached hydrogens (tertiary/aromatic N) is 2. The van der Waals surface area contributed by atoms with Crippen molar-refractivity contribution in [2.75, 3.05) is 5.32 Å². The molecule has 1 aliphatic rings. The maximum Gasteiger partial charge on any atom is 0.322 e. The van der Waals surface area contributed by atoms with Crippen molar-refractivity contribution in [1.29, 1.82) is 0 Å². The molecule has 0 unspecified atom stereocenters. The van der Waals surface area contributed by atoms with Crippen LogP contribution in [-0.4, -0.2) is 16.1 Å². The van der Waals surface area contributed by atoms with Crippen LogP contribution < -0.4 is 5.32 Å². The Labute approximate surface area is 123 Å². The number of benzene rings is 1. The van der Waals surface area contributed by atoms with Gasteiger partial charge in [-0.15, -0.1) is 5.10 Å². The molecule has 0 aliphatic heterocycles. The number of carbonyl (C=O) groups is 1. The Bertz CT molecular complexity index is 613. The average molecular weight is 285 g/mol. The average Bonchev–Trinajstić information content (AvgIpc) is 3.13. The molecule has 1 heterocycles. The Morgan fingerprint density at radius 1 is 1.24 bits per heavy atom. The smallest absolute Gasteiger partial charge is 0.322 e. The third-order valence-electron chi connectivity index (χ3n) is 3.90. The predicted molar refractivity (Wildman–Crippen MR) is 78.9 cm³/mol. The molecule has 1 N–H and O–H groups in total. The van der Waals surface area contributed by atoms with Crippen molar-refractivity contribution in [1.82, 2.24) is 10.2 Å². The number of hydrogen-bond donors (Lipinski definition) is 1. The molecular weight excluding hydrogens is 266 g/mol. The molecule has 110 valence electrons. The van der Waals surface area contributed by atoms with Gasteiger partial charge in [0.15, 0.2) is 0 Å². The molecule has 1 fully saturated rings. The second kappa shape index (κ2) is 6.08. The lowest BCUT2D eigenvalue weighted by molar-refractivity contribution is -0.119. The number of carbonyl (C=O) groups excluding carboxylic acids is 1. The van der Waals surface area contributed by atoms with Crippen LogP contribution in [0.2, 0.25) is 0 Å². The van der Waals surface area contributed by atoms with Gasteiger partial charge in [-0.3, -0.25) is 10.1 Å². The van der Waals surface area contributed by atoms with Crippen LogP contribution >= 0.6 is 0 Å². The van der Waals surface area contributed by atoms with Crippen molar-refractivity contribution in [3.63, 3.8) is 0 Å². The van der Waals surface area contributed by atoms with E-state index in [4.69, 9.17) is 4.42 Å². The molecular formula is C16H19N3O2. The van der Waals surface area contributed by atoms with Crippen molar-refractivity contribution < 1.29 is 9.21 Å². The Kier molecular flexibility index (Phi) is 3.99. The van der Waals surface area contributed by atoms with E-state index in [0.29, 0.717) is 12.3 Å². The van der Waals surface area contributed by atoms with Crippen LogP contribution in [-0.2, 0) is 11.2 Å². The number of nitrogens with one attached hydrogen (secondary N) is 1. The molecule has 5 heteroatoms. The molecule has 0 saturated heterocycles. The SMILES string of the molecule is Cc1ccc(Cc2nnc(NC(=O)C3CCCC3)o2)cc1. The fourth-order valence-electron chi connectivity index (χ4n) is 2.65. The zero-order valence-electron chi connectivity index (χ0n) is 12.1. The molecule has 0 atom stereocenters. The number of anilines is 1. The van der Waals surface area contributed by atoms with Gasteiger partial charge in [-0.2, -0.15) is 0 Å². The van der Waals surface area contributed by atoms with Gasteiger partial charge in [-0.05, 0) is 25.3 Å². The summed E-state index contributed by atoms with van der Waals surface area (Å²) in [5.41, 5.74) is 2.33. The van der Waals surface area contributed by atoms with E-state index < -0.39 is 0 Å². The van der Waals surface area contributed by atoms with Crippen LogP contribution in [0.15, 0.2) is 28.7 Å². The van der Waals surface area contributed by atoms with E-state index in [9.17, 15) is 4.79 Å². The van der Waals surface area contributed by atoms with Gasteiger partial charge in [0.2, 0.25) is 11.8 Å². The summed E-state index contributed by atoms with van der Waals surface area (Å²) in [7, 11) is 0. The van der Waals surface area contributed by atoms with Gasteiger partial charge in [0.1, 0.15) is 0 Å². The maximum atomic E-state index is 12.0. The van der Waals surface area contributed by atoms with Gasteiger partial charge in [-0.25, -0.2) is 0 Å². The highest BCUT2D eigenvalue weighted by molar-refractivity contribution is 5.90. The van der Waals surface area contributed by atoms with Crippen LogP contribution in [0, 0.1) is 12.8 Å². The first kappa shape index (κ1) is 13.8. The molecule has 21 heavy (non-hydrogen) atoms. The summed E-state index contributed by atoms with van der Waals surface area (Å²) < 4.78 is 5.49. The zero-order chi connectivity index (χ0) is 14.7. The van der Waals surface area contributed by atoms with Crippen LogP contribution in [0.5, 0.6) is 0 Å². The summed E-state index contributed by atoms with van der Waals surface area (Å²) in [6.45, 7) is 2.05. The summed E-state index contributed by atoms with van der Waals surface area (Å²) in [6, 6.07) is 8.38.